The molecule has 0 aliphatic heterocycles. The molecule has 92 valence electrons. The SMILES string of the molecule is NCC1(Cc2cc(F)c([N+](=O)[O-])cc2F)CC1. The summed E-state index contributed by atoms with van der Waals surface area (Å²) >= 11 is 0. The van der Waals surface area contributed by atoms with E-state index in [0.29, 0.717) is 19.0 Å². The van der Waals surface area contributed by atoms with Gasteiger partial charge in [-0.15, -0.1) is 0 Å². The van der Waals surface area contributed by atoms with Gasteiger partial charge in [-0.25, -0.2) is 4.39 Å². The van der Waals surface area contributed by atoms with E-state index in [1.165, 1.54) is 0 Å². The first-order chi connectivity index (χ1) is 7.97. The highest BCUT2D eigenvalue weighted by Crippen LogP contribution is 2.47. The molecule has 0 heterocycles. The lowest BCUT2D eigenvalue weighted by Crippen LogP contribution is -2.18. The van der Waals surface area contributed by atoms with Gasteiger partial charge in [-0.3, -0.25) is 10.1 Å². The fourth-order valence-electron chi connectivity index (χ4n) is 1.89. The maximum absolute atomic E-state index is 13.6. The zero-order chi connectivity index (χ0) is 12.6. The van der Waals surface area contributed by atoms with Crippen molar-refractivity contribution in [3.8, 4) is 0 Å². The van der Waals surface area contributed by atoms with Crippen LogP contribution in [0.4, 0.5) is 14.5 Å². The average molecular weight is 242 g/mol. The van der Waals surface area contributed by atoms with E-state index in [-0.39, 0.29) is 11.0 Å². The van der Waals surface area contributed by atoms with Gasteiger partial charge in [-0.2, -0.15) is 4.39 Å². The molecule has 0 radical (unpaired) electrons. The van der Waals surface area contributed by atoms with Crippen molar-refractivity contribution < 1.29 is 13.7 Å². The van der Waals surface area contributed by atoms with Crippen LogP contribution < -0.4 is 5.73 Å². The summed E-state index contributed by atoms with van der Waals surface area (Å²) in [4.78, 5) is 9.49. The lowest BCUT2D eigenvalue weighted by Gasteiger charge is -2.12. The van der Waals surface area contributed by atoms with Crippen LogP contribution in [-0.4, -0.2) is 11.5 Å². The van der Waals surface area contributed by atoms with Crippen molar-refractivity contribution in [1.82, 2.24) is 0 Å². The number of benzene rings is 1. The molecule has 0 bridgehead atoms. The number of rotatable bonds is 4. The standard InChI is InChI=1S/C11H12F2N2O2/c12-8-4-10(15(16)17)9(13)3-7(8)5-11(6-14)1-2-11/h3-4H,1-2,5-6,14H2. The zero-order valence-electron chi connectivity index (χ0n) is 9.08. The first-order valence-electron chi connectivity index (χ1n) is 5.30. The van der Waals surface area contributed by atoms with Crippen molar-refractivity contribution in [2.45, 2.75) is 19.3 Å². The van der Waals surface area contributed by atoms with E-state index in [4.69, 9.17) is 5.73 Å². The first-order valence-corrected chi connectivity index (χ1v) is 5.30. The van der Waals surface area contributed by atoms with Crippen LogP contribution in [0.1, 0.15) is 18.4 Å². The molecule has 1 aromatic rings. The second-order valence-corrected chi connectivity index (χ2v) is 4.53. The minimum atomic E-state index is -1.00. The van der Waals surface area contributed by atoms with Gasteiger partial charge in [-0.1, -0.05) is 0 Å². The molecule has 0 aromatic heterocycles. The van der Waals surface area contributed by atoms with Gasteiger partial charge in [0.25, 0.3) is 0 Å². The van der Waals surface area contributed by atoms with E-state index in [1.807, 2.05) is 0 Å². The lowest BCUT2D eigenvalue weighted by molar-refractivity contribution is -0.387. The Morgan fingerprint density at radius 3 is 2.47 bits per heavy atom. The number of hydrogen-bond donors (Lipinski definition) is 1. The quantitative estimate of drug-likeness (QED) is 0.649. The third-order valence-electron chi connectivity index (χ3n) is 3.27. The maximum Gasteiger partial charge on any atom is 0.307 e. The summed E-state index contributed by atoms with van der Waals surface area (Å²) in [5.41, 5.74) is 4.76. The van der Waals surface area contributed by atoms with Crippen LogP contribution in [0.25, 0.3) is 0 Å². The van der Waals surface area contributed by atoms with Gasteiger partial charge in [0.15, 0.2) is 0 Å². The third-order valence-corrected chi connectivity index (χ3v) is 3.27. The van der Waals surface area contributed by atoms with Gasteiger partial charge in [0.2, 0.25) is 5.82 Å². The Morgan fingerprint density at radius 1 is 1.35 bits per heavy atom. The molecule has 0 amide bonds. The second-order valence-electron chi connectivity index (χ2n) is 4.53. The third kappa shape index (κ3) is 2.26. The summed E-state index contributed by atoms with van der Waals surface area (Å²) in [7, 11) is 0. The van der Waals surface area contributed by atoms with Crippen molar-refractivity contribution in [1.29, 1.82) is 0 Å². The molecule has 17 heavy (non-hydrogen) atoms. The number of hydrogen-bond acceptors (Lipinski definition) is 3. The van der Waals surface area contributed by atoms with E-state index >= 15 is 0 Å². The highest BCUT2D eigenvalue weighted by Gasteiger charge is 2.41. The monoisotopic (exact) mass is 242 g/mol. The van der Waals surface area contributed by atoms with Crippen LogP contribution in [0.5, 0.6) is 0 Å². The molecule has 1 fully saturated rings. The highest BCUT2D eigenvalue weighted by atomic mass is 19.1. The molecule has 1 aliphatic rings. The maximum atomic E-state index is 13.6. The van der Waals surface area contributed by atoms with Crippen molar-refractivity contribution in [3.63, 3.8) is 0 Å². The second kappa shape index (κ2) is 4.03. The van der Waals surface area contributed by atoms with Crippen molar-refractivity contribution in [2.24, 2.45) is 11.1 Å². The Morgan fingerprint density at radius 2 is 2.00 bits per heavy atom. The van der Waals surface area contributed by atoms with Gasteiger partial charge in [0, 0.05) is 0 Å². The van der Waals surface area contributed by atoms with Crippen LogP contribution in [0, 0.1) is 27.2 Å². The van der Waals surface area contributed by atoms with Crippen molar-refractivity contribution in [2.75, 3.05) is 6.54 Å². The van der Waals surface area contributed by atoms with Gasteiger partial charge >= 0.3 is 5.69 Å². The smallest absolute Gasteiger partial charge is 0.307 e. The minimum absolute atomic E-state index is 0.136. The summed E-state index contributed by atoms with van der Waals surface area (Å²) in [6, 6.07) is 1.54. The van der Waals surface area contributed by atoms with Crippen molar-refractivity contribution >= 4 is 5.69 Å². The number of halogens is 2. The Balaban J connectivity index is 2.30. The molecular formula is C11H12F2N2O2. The summed E-state index contributed by atoms with van der Waals surface area (Å²) in [5, 5.41) is 10.4. The molecule has 2 N–H and O–H groups in total. The van der Waals surface area contributed by atoms with E-state index < -0.39 is 22.2 Å². The molecule has 1 saturated carbocycles. The van der Waals surface area contributed by atoms with E-state index in [1.54, 1.807) is 0 Å². The fraction of sp³-hybridized carbons (Fsp3) is 0.455. The number of nitrogens with zero attached hydrogens (tertiary/aromatic N) is 1. The van der Waals surface area contributed by atoms with Crippen LogP contribution >= 0.6 is 0 Å². The molecule has 0 spiro atoms. The van der Waals surface area contributed by atoms with E-state index in [0.717, 1.165) is 18.9 Å². The molecule has 4 nitrogen and oxygen atoms in total. The minimum Gasteiger partial charge on any atom is -0.330 e. The number of nitro groups is 1. The van der Waals surface area contributed by atoms with Crippen molar-refractivity contribution in [3.05, 3.63) is 39.4 Å². The van der Waals surface area contributed by atoms with Gasteiger partial charge in [0.05, 0.1) is 11.0 Å². The molecular weight excluding hydrogens is 230 g/mol. The van der Waals surface area contributed by atoms with Gasteiger partial charge in [0.1, 0.15) is 5.82 Å². The molecule has 0 atom stereocenters. The van der Waals surface area contributed by atoms with Crippen LogP contribution in [0.15, 0.2) is 12.1 Å². The number of nitrogens with two attached hydrogens (primary N) is 1. The molecule has 2 rings (SSSR count). The number of nitro benzene ring substituents is 1. The molecule has 6 heteroatoms. The average Bonchev–Trinajstić information content (AvgIpc) is 3.03. The first kappa shape index (κ1) is 11.9. The largest absolute Gasteiger partial charge is 0.330 e. The van der Waals surface area contributed by atoms with E-state index in [9.17, 15) is 18.9 Å². The Hall–Kier alpha value is -1.56. The Bertz CT molecular complexity index is 473. The molecule has 1 aromatic carbocycles. The summed E-state index contributed by atoms with van der Waals surface area (Å²) in [5.74, 6) is -1.74. The molecule has 0 unspecified atom stereocenters. The molecule has 1 aliphatic carbocycles. The predicted molar refractivity (Wildman–Crippen MR) is 57.4 cm³/mol. The summed E-state index contributed by atoms with van der Waals surface area (Å²) < 4.78 is 26.9. The Kier molecular flexibility index (Phi) is 2.82. The van der Waals surface area contributed by atoms with Crippen LogP contribution in [-0.2, 0) is 6.42 Å². The lowest BCUT2D eigenvalue weighted by atomic mass is 9.96. The fourth-order valence-corrected chi connectivity index (χ4v) is 1.89. The van der Waals surface area contributed by atoms with Gasteiger partial charge < -0.3 is 5.73 Å². The normalized spacial score (nSPS) is 16.9. The van der Waals surface area contributed by atoms with E-state index in [2.05, 4.69) is 0 Å². The zero-order valence-corrected chi connectivity index (χ0v) is 9.08. The topological polar surface area (TPSA) is 69.2 Å². The summed E-state index contributed by atoms with van der Waals surface area (Å²) in [6.45, 7) is 0.422. The highest BCUT2D eigenvalue weighted by molar-refractivity contribution is 5.37. The Labute approximate surface area is 96.6 Å². The van der Waals surface area contributed by atoms with Crippen LogP contribution in [0.2, 0.25) is 0 Å². The summed E-state index contributed by atoms with van der Waals surface area (Å²) in [6.07, 6.45) is 2.12. The van der Waals surface area contributed by atoms with Crippen LogP contribution in [0.3, 0.4) is 0 Å². The molecule has 0 saturated heterocycles. The predicted octanol–water partition coefficient (Wildman–Crippen LogP) is 2.15. The van der Waals surface area contributed by atoms with Gasteiger partial charge in [-0.05, 0) is 42.9 Å².